The number of carboxylic acid groups (broad SMARTS) is 1. The van der Waals surface area contributed by atoms with E-state index >= 15 is 4.39 Å². The van der Waals surface area contributed by atoms with Crippen molar-refractivity contribution in [1.29, 1.82) is 0 Å². The van der Waals surface area contributed by atoms with Crippen LogP contribution in [-0.4, -0.2) is 38.0 Å². The summed E-state index contributed by atoms with van der Waals surface area (Å²) in [5.74, 6) is -2.12. The summed E-state index contributed by atoms with van der Waals surface area (Å²) in [6, 6.07) is 4.88. The molecule has 31 heavy (non-hydrogen) atoms. The molecule has 3 atom stereocenters. The van der Waals surface area contributed by atoms with Crippen LogP contribution in [0.3, 0.4) is 0 Å². The topological polar surface area (TPSA) is 110 Å². The fraction of sp³-hybridized carbons (Fsp3) is 0.500. The summed E-state index contributed by atoms with van der Waals surface area (Å²) >= 11 is 0. The molecule has 1 saturated heterocycles. The van der Waals surface area contributed by atoms with Crippen molar-refractivity contribution < 1.29 is 23.6 Å². The first-order chi connectivity index (χ1) is 14.6. The summed E-state index contributed by atoms with van der Waals surface area (Å²) in [5, 5.41) is 14.2. The predicted molar refractivity (Wildman–Crippen MR) is 109 cm³/mol. The Labute approximate surface area is 177 Å². The third-order valence-corrected chi connectivity index (χ3v) is 6.78. The quantitative estimate of drug-likeness (QED) is 0.656. The zero-order valence-electron chi connectivity index (χ0n) is 17.6. The first kappa shape index (κ1) is 20.0. The molecule has 1 aliphatic carbocycles. The van der Waals surface area contributed by atoms with E-state index in [1.165, 1.54) is 16.7 Å². The van der Waals surface area contributed by atoms with Crippen molar-refractivity contribution in [3.63, 3.8) is 0 Å². The molecule has 5 rings (SSSR count). The number of halogens is 1. The highest BCUT2D eigenvalue weighted by molar-refractivity contribution is 5.95. The van der Waals surface area contributed by atoms with Crippen LogP contribution < -0.4 is 5.76 Å². The molecule has 0 amide bonds. The Balaban J connectivity index is 1.70. The minimum atomic E-state index is -1.17. The van der Waals surface area contributed by atoms with Crippen molar-refractivity contribution in [2.24, 2.45) is 5.92 Å². The van der Waals surface area contributed by atoms with Crippen LogP contribution in [-0.2, 0) is 10.3 Å². The molecule has 9 heteroatoms. The molecule has 1 aromatic carbocycles. The molecule has 2 fully saturated rings. The zero-order valence-corrected chi connectivity index (χ0v) is 17.6. The lowest BCUT2D eigenvalue weighted by Gasteiger charge is -2.35. The third-order valence-electron chi connectivity index (χ3n) is 6.78. The van der Waals surface area contributed by atoms with Crippen LogP contribution in [0.4, 0.5) is 4.39 Å². The molecule has 2 N–H and O–H groups in total. The van der Waals surface area contributed by atoms with Crippen LogP contribution in [0.15, 0.2) is 27.5 Å². The molecule has 1 saturated carbocycles. The third kappa shape index (κ3) is 3.02. The Bertz CT molecular complexity index is 1260. The maximum absolute atomic E-state index is 15.6. The van der Waals surface area contributed by atoms with Gasteiger partial charge in [0.05, 0.1) is 11.1 Å². The molecule has 2 aromatic heterocycles. The number of aromatic nitrogens is 3. The number of carboxylic acids is 1. The van der Waals surface area contributed by atoms with Crippen molar-refractivity contribution in [1.82, 2.24) is 14.7 Å². The molecule has 164 valence electrons. The van der Waals surface area contributed by atoms with Crippen molar-refractivity contribution in [3.05, 3.63) is 51.6 Å². The van der Waals surface area contributed by atoms with E-state index in [4.69, 9.17) is 4.74 Å². The normalized spacial score (nSPS) is 27.5. The second kappa shape index (κ2) is 6.53. The minimum Gasteiger partial charge on any atom is -0.477 e. The number of hydrogen-bond donors (Lipinski definition) is 2. The van der Waals surface area contributed by atoms with Gasteiger partial charge in [0.1, 0.15) is 17.1 Å². The van der Waals surface area contributed by atoms with E-state index in [0.717, 1.165) is 18.4 Å². The van der Waals surface area contributed by atoms with Gasteiger partial charge in [0, 0.05) is 12.0 Å². The molecule has 0 spiro atoms. The van der Waals surface area contributed by atoms with Gasteiger partial charge in [0.25, 0.3) is 0 Å². The molecule has 0 bridgehead atoms. The molecule has 3 heterocycles. The number of aromatic amines is 1. The first-order valence-electron chi connectivity index (χ1n) is 10.4. The SMILES string of the molecule is C[C@H]1C[C@]1(c1noc(=O)[nH]1)n1c(C(=O)O)cc2cc([C@H]3CCOC(C)(C)C3)cc(F)c21. The number of rotatable bonds is 4. The summed E-state index contributed by atoms with van der Waals surface area (Å²) in [7, 11) is 0. The van der Waals surface area contributed by atoms with Crippen LogP contribution in [0.1, 0.15) is 67.8 Å². The van der Waals surface area contributed by atoms with Gasteiger partial charge in [-0.1, -0.05) is 12.1 Å². The van der Waals surface area contributed by atoms with E-state index < -0.39 is 23.1 Å². The molecule has 0 radical (unpaired) electrons. The number of nitrogens with zero attached hydrogens (tertiary/aromatic N) is 2. The number of fused-ring (bicyclic) bond motifs is 1. The van der Waals surface area contributed by atoms with Crippen molar-refractivity contribution in [3.8, 4) is 0 Å². The number of carbonyl (C=O) groups is 1. The van der Waals surface area contributed by atoms with E-state index in [1.807, 2.05) is 26.8 Å². The van der Waals surface area contributed by atoms with E-state index in [9.17, 15) is 14.7 Å². The van der Waals surface area contributed by atoms with Crippen molar-refractivity contribution in [2.75, 3.05) is 6.61 Å². The summed E-state index contributed by atoms with van der Waals surface area (Å²) in [4.78, 5) is 26.2. The first-order valence-corrected chi connectivity index (χ1v) is 10.4. The summed E-state index contributed by atoms with van der Waals surface area (Å²) in [6.07, 6.45) is 2.04. The lowest BCUT2D eigenvalue weighted by molar-refractivity contribution is -0.0593. The van der Waals surface area contributed by atoms with Gasteiger partial charge in [-0.15, -0.1) is 0 Å². The summed E-state index contributed by atoms with van der Waals surface area (Å²) < 4.78 is 27.5. The molecule has 0 unspecified atom stereocenters. The predicted octanol–water partition coefficient (Wildman–Crippen LogP) is 3.61. The van der Waals surface area contributed by atoms with Gasteiger partial charge in [-0.05, 0) is 68.7 Å². The molecule has 2 aliphatic rings. The maximum atomic E-state index is 15.6. The van der Waals surface area contributed by atoms with Crippen molar-refractivity contribution >= 4 is 16.9 Å². The Kier molecular flexibility index (Phi) is 4.21. The Morgan fingerprint density at radius 2 is 2.06 bits per heavy atom. The highest BCUT2D eigenvalue weighted by atomic mass is 19.1. The maximum Gasteiger partial charge on any atom is 0.438 e. The van der Waals surface area contributed by atoms with Gasteiger partial charge in [0.15, 0.2) is 5.82 Å². The smallest absolute Gasteiger partial charge is 0.438 e. The van der Waals surface area contributed by atoms with Crippen LogP contribution >= 0.6 is 0 Å². The van der Waals surface area contributed by atoms with Crippen molar-refractivity contribution in [2.45, 2.75) is 57.1 Å². The number of H-pyrrole nitrogens is 1. The van der Waals surface area contributed by atoms with E-state index in [1.54, 1.807) is 0 Å². The fourth-order valence-corrected chi connectivity index (χ4v) is 5.22. The monoisotopic (exact) mass is 429 g/mol. The number of nitrogens with one attached hydrogen (secondary N) is 1. The number of ether oxygens (including phenoxy) is 1. The average molecular weight is 429 g/mol. The Morgan fingerprint density at radius 1 is 1.32 bits per heavy atom. The molecule has 3 aromatic rings. The van der Waals surface area contributed by atoms with Crippen LogP contribution in [0.5, 0.6) is 0 Å². The second-order valence-electron chi connectivity index (χ2n) is 9.38. The van der Waals surface area contributed by atoms with Gasteiger partial charge < -0.3 is 14.4 Å². The standard InChI is InChI=1S/C22H24FN3O5/c1-11-9-22(11,19-24-20(29)31-25-19)26-16(18(27)28)8-14-6-13(7-15(23)17(14)26)12-4-5-30-21(2,3)10-12/h6-8,11-12H,4-5,9-10H2,1-3H3,(H,27,28)(H,24,25,29)/t11-,12-,22-/m0/s1. The number of benzene rings is 1. The van der Waals surface area contributed by atoms with E-state index in [-0.39, 0.29) is 34.5 Å². The highest BCUT2D eigenvalue weighted by Crippen LogP contribution is 2.56. The summed E-state index contributed by atoms with van der Waals surface area (Å²) in [5.41, 5.74) is -0.279. The zero-order chi connectivity index (χ0) is 22.1. The van der Waals surface area contributed by atoms with Gasteiger partial charge in [-0.2, -0.15) is 0 Å². The number of hydrogen-bond acceptors (Lipinski definition) is 5. The van der Waals surface area contributed by atoms with Gasteiger partial charge in [0.2, 0.25) is 0 Å². The molecule has 8 nitrogen and oxygen atoms in total. The molecular weight excluding hydrogens is 405 g/mol. The lowest BCUT2D eigenvalue weighted by atomic mass is 9.83. The fourth-order valence-electron chi connectivity index (χ4n) is 5.22. The van der Waals surface area contributed by atoms with Gasteiger partial charge in [-0.3, -0.25) is 9.51 Å². The van der Waals surface area contributed by atoms with Gasteiger partial charge >= 0.3 is 11.7 Å². The Morgan fingerprint density at radius 3 is 2.65 bits per heavy atom. The highest BCUT2D eigenvalue weighted by Gasteiger charge is 2.59. The van der Waals surface area contributed by atoms with Crippen LogP contribution in [0, 0.1) is 11.7 Å². The van der Waals surface area contributed by atoms with Crippen LogP contribution in [0.2, 0.25) is 0 Å². The molecular formula is C22H24FN3O5. The number of aromatic carboxylic acids is 1. The average Bonchev–Trinajstić information content (AvgIpc) is 3.03. The van der Waals surface area contributed by atoms with E-state index in [0.29, 0.717) is 18.4 Å². The largest absolute Gasteiger partial charge is 0.477 e. The van der Waals surface area contributed by atoms with E-state index in [2.05, 4.69) is 14.7 Å². The van der Waals surface area contributed by atoms with Gasteiger partial charge in [-0.25, -0.2) is 14.0 Å². The minimum absolute atomic E-state index is 0.0495. The second-order valence-corrected chi connectivity index (χ2v) is 9.38. The molecule has 1 aliphatic heterocycles. The summed E-state index contributed by atoms with van der Waals surface area (Å²) in [6.45, 7) is 6.54. The Hall–Kier alpha value is -2.94. The lowest BCUT2D eigenvalue weighted by Crippen LogP contribution is -2.33. The van der Waals surface area contributed by atoms with Crippen LogP contribution in [0.25, 0.3) is 10.9 Å².